The van der Waals surface area contributed by atoms with Crippen LogP contribution in [0.15, 0.2) is 36.4 Å². The van der Waals surface area contributed by atoms with Gasteiger partial charge in [0.25, 0.3) is 5.91 Å². The summed E-state index contributed by atoms with van der Waals surface area (Å²) in [6.07, 6.45) is 0. The molecule has 0 aliphatic heterocycles. The van der Waals surface area contributed by atoms with Crippen molar-refractivity contribution < 1.29 is 28.5 Å². The second kappa shape index (κ2) is 8.75. The molecule has 2 rings (SSSR count). The molecule has 1 N–H and O–H groups in total. The maximum absolute atomic E-state index is 12.1. The third kappa shape index (κ3) is 4.66. The molecule has 0 heterocycles. The first-order valence-electron chi connectivity index (χ1n) is 7.82. The molecule has 0 aliphatic rings. The number of methoxy groups -OCH3 is 3. The van der Waals surface area contributed by atoms with Gasteiger partial charge in [0.05, 0.1) is 26.9 Å². The third-order valence-electron chi connectivity index (χ3n) is 3.66. The third-order valence-corrected chi connectivity index (χ3v) is 3.66. The second-order valence-corrected chi connectivity index (χ2v) is 5.37. The monoisotopic (exact) mass is 359 g/mol. The van der Waals surface area contributed by atoms with Gasteiger partial charge in [0.1, 0.15) is 5.75 Å². The van der Waals surface area contributed by atoms with Crippen molar-refractivity contribution in [3.8, 4) is 17.2 Å². The number of aryl methyl sites for hydroxylation is 1. The largest absolute Gasteiger partial charge is 0.497 e. The molecule has 0 saturated heterocycles. The van der Waals surface area contributed by atoms with Crippen LogP contribution in [0, 0.1) is 6.92 Å². The number of benzene rings is 2. The lowest BCUT2D eigenvalue weighted by atomic mass is 10.1. The van der Waals surface area contributed by atoms with Gasteiger partial charge in [-0.2, -0.15) is 0 Å². The van der Waals surface area contributed by atoms with Crippen molar-refractivity contribution in [3.63, 3.8) is 0 Å². The lowest BCUT2D eigenvalue weighted by Gasteiger charge is -2.11. The summed E-state index contributed by atoms with van der Waals surface area (Å²) < 4.78 is 20.5. The molecule has 7 heteroatoms. The van der Waals surface area contributed by atoms with Gasteiger partial charge in [0.2, 0.25) is 0 Å². The quantitative estimate of drug-likeness (QED) is 0.766. The van der Waals surface area contributed by atoms with E-state index in [9.17, 15) is 9.59 Å². The molecule has 0 bridgehead atoms. The van der Waals surface area contributed by atoms with Crippen molar-refractivity contribution >= 4 is 17.6 Å². The van der Waals surface area contributed by atoms with Crippen LogP contribution in [0.4, 0.5) is 5.69 Å². The van der Waals surface area contributed by atoms with Gasteiger partial charge in [-0.15, -0.1) is 0 Å². The van der Waals surface area contributed by atoms with Crippen LogP contribution in [0.5, 0.6) is 17.2 Å². The fourth-order valence-corrected chi connectivity index (χ4v) is 2.31. The van der Waals surface area contributed by atoms with Gasteiger partial charge < -0.3 is 24.3 Å². The van der Waals surface area contributed by atoms with E-state index in [0.717, 1.165) is 0 Å². The van der Waals surface area contributed by atoms with E-state index < -0.39 is 18.5 Å². The van der Waals surface area contributed by atoms with Crippen LogP contribution in [0.25, 0.3) is 0 Å². The number of anilines is 1. The van der Waals surface area contributed by atoms with E-state index in [-0.39, 0.29) is 0 Å². The molecule has 0 aromatic heterocycles. The molecule has 0 aliphatic carbocycles. The molecule has 2 aromatic rings. The fourth-order valence-electron chi connectivity index (χ4n) is 2.31. The zero-order valence-electron chi connectivity index (χ0n) is 15.1. The maximum atomic E-state index is 12.1. The Kier molecular flexibility index (Phi) is 6.43. The number of hydrogen-bond acceptors (Lipinski definition) is 6. The van der Waals surface area contributed by atoms with Crippen LogP contribution in [-0.2, 0) is 9.53 Å². The summed E-state index contributed by atoms with van der Waals surface area (Å²) in [5.74, 6) is 0.637. The number of carbonyl (C=O) groups is 2. The highest BCUT2D eigenvalue weighted by atomic mass is 16.5. The lowest BCUT2D eigenvalue weighted by Crippen LogP contribution is -2.21. The van der Waals surface area contributed by atoms with Crippen molar-refractivity contribution in [2.24, 2.45) is 0 Å². The van der Waals surface area contributed by atoms with Gasteiger partial charge in [0.15, 0.2) is 18.1 Å². The summed E-state index contributed by atoms with van der Waals surface area (Å²) in [4.78, 5) is 24.1. The van der Waals surface area contributed by atoms with Gasteiger partial charge in [0, 0.05) is 11.8 Å². The maximum Gasteiger partial charge on any atom is 0.338 e. The molecular formula is C19H21NO6. The number of nitrogens with one attached hydrogen (secondary N) is 1. The van der Waals surface area contributed by atoms with Crippen LogP contribution < -0.4 is 19.5 Å². The van der Waals surface area contributed by atoms with Crippen molar-refractivity contribution in [2.75, 3.05) is 33.3 Å². The minimum Gasteiger partial charge on any atom is -0.497 e. The fraction of sp³-hybridized carbons (Fsp3) is 0.263. The normalized spacial score (nSPS) is 10.0. The van der Waals surface area contributed by atoms with Crippen molar-refractivity contribution in [3.05, 3.63) is 47.5 Å². The summed E-state index contributed by atoms with van der Waals surface area (Å²) in [6, 6.07) is 9.93. The Morgan fingerprint density at radius 1 is 0.923 bits per heavy atom. The number of rotatable bonds is 7. The van der Waals surface area contributed by atoms with Gasteiger partial charge >= 0.3 is 5.97 Å². The Morgan fingerprint density at radius 3 is 2.27 bits per heavy atom. The predicted molar refractivity (Wildman–Crippen MR) is 96.2 cm³/mol. The van der Waals surface area contributed by atoms with Gasteiger partial charge in [-0.25, -0.2) is 4.79 Å². The van der Waals surface area contributed by atoms with E-state index in [4.69, 9.17) is 18.9 Å². The molecule has 0 atom stereocenters. The molecule has 7 nitrogen and oxygen atoms in total. The van der Waals surface area contributed by atoms with Crippen LogP contribution in [0.3, 0.4) is 0 Å². The molecule has 0 fully saturated rings. The minimum absolute atomic E-state index is 0.379. The SMILES string of the molecule is COc1ccc(C(=O)OCC(=O)Nc2ccc(OC)c(OC)c2)c(C)c1. The van der Waals surface area contributed by atoms with E-state index in [2.05, 4.69) is 5.32 Å². The Balaban J connectivity index is 1.95. The highest BCUT2D eigenvalue weighted by Gasteiger charge is 2.14. The first kappa shape index (κ1) is 19.1. The van der Waals surface area contributed by atoms with Crippen molar-refractivity contribution in [2.45, 2.75) is 6.92 Å². The number of amides is 1. The Morgan fingerprint density at radius 2 is 1.65 bits per heavy atom. The van der Waals surface area contributed by atoms with Crippen molar-refractivity contribution in [1.29, 1.82) is 0 Å². The second-order valence-electron chi connectivity index (χ2n) is 5.37. The highest BCUT2D eigenvalue weighted by Crippen LogP contribution is 2.29. The summed E-state index contributed by atoms with van der Waals surface area (Å²) in [7, 11) is 4.57. The highest BCUT2D eigenvalue weighted by molar-refractivity contribution is 5.96. The minimum atomic E-state index is -0.576. The number of ether oxygens (including phenoxy) is 4. The summed E-state index contributed by atoms with van der Waals surface area (Å²) in [5.41, 5.74) is 1.59. The first-order chi connectivity index (χ1) is 12.5. The molecule has 2 aromatic carbocycles. The smallest absolute Gasteiger partial charge is 0.338 e. The molecule has 26 heavy (non-hydrogen) atoms. The molecular weight excluding hydrogens is 338 g/mol. The molecule has 1 amide bonds. The van der Waals surface area contributed by atoms with Gasteiger partial charge in [-0.1, -0.05) is 0 Å². The Labute approximate surface area is 151 Å². The number of carbonyl (C=O) groups excluding carboxylic acids is 2. The summed E-state index contributed by atoms with van der Waals surface area (Å²) >= 11 is 0. The van der Waals surface area contributed by atoms with E-state index >= 15 is 0 Å². The van der Waals surface area contributed by atoms with Gasteiger partial charge in [-0.3, -0.25) is 4.79 Å². The zero-order valence-corrected chi connectivity index (χ0v) is 15.1. The molecule has 0 radical (unpaired) electrons. The summed E-state index contributed by atoms with van der Waals surface area (Å²) in [5, 5.41) is 2.64. The van der Waals surface area contributed by atoms with Crippen LogP contribution >= 0.6 is 0 Å². The summed E-state index contributed by atoms with van der Waals surface area (Å²) in [6.45, 7) is 1.36. The molecule has 0 unspecified atom stereocenters. The van der Waals surface area contributed by atoms with E-state index in [0.29, 0.717) is 34.1 Å². The molecule has 138 valence electrons. The van der Waals surface area contributed by atoms with Crippen LogP contribution in [-0.4, -0.2) is 39.8 Å². The van der Waals surface area contributed by atoms with Crippen molar-refractivity contribution in [1.82, 2.24) is 0 Å². The average molecular weight is 359 g/mol. The Hall–Kier alpha value is -3.22. The van der Waals surface area contributed by atoms with E-state index in [1.54, 1.807) is 50.4 Å². The molecule has 0 spiro atoms. The van der Waals surface area contributed by atoms with Crippen LogP contribution in [0.2, 0.25) is 0 Å². The predicted octanol–water partition coefficient (Wildman–Crippen LogP) is 2.82. The lowest BCUT2D eigenvalue weighted by molar-refractivity contribution is -0.119. The van der Waals surface area contributed by atoms with Crippen LogP contribution in [0.1, 0.15) is 15.9 Å². The zero-order chi connectivity index (χ0) is 19.1. The van der Waals surface area contributed by atoms with E-state index in [1.807, 2.05) is 0 Å². The molecule has 0 saturated carbocycles. The number of hydrogen-bond donors (Lipinski definition) is 1. The van der Waals surface area contributed by atoms with E-state index in [1.165, 1.54) is 14.2 Å². The topological polar surface area (TPSA) is 83.1 Å². The standard InChI is InChI=1S/C19H21NO6/c1-12-9-14(23-2)6-7-15(12)19(22)26-11-18(21)20-13-5-8-16(24-3)17(10-13)25-4/h5-10H,11H2,1-4H3,(H,20,21). The first-order valence-corrected chi connectivity index (χ1v) is 7.82. The average Bonchev–Trinajstić information content (AvgIpc) is 2.65. The Bertz CT molecular complexity index is 803. The van der Waals surface area contributed by atoms with Gasteiger partial charge in [-0.05, 0) is 42.8 Å². The number of esters is 1.